The lowest BCUT2D eigenvalue weighted by Crippen LogP contribution is -2.39. The van der Waals surface area contributed by atoms with Crippen molar-refractivity contribution >= 4 is 11.8 Å². The van der Waals surface area contributed by atoms with Crippen molar-refractivity contribution in [2.45, 2.75) is 39.2 Å². The largest absolute Gasteiger partial charge is 0.379 e. The second-order valence-electron chi connectivity index (χ2n) is 4.51. The third-order valence-electron chi connectivity index (χ3n) is 2.86. The summed E-state index contributed by atoms with van der Waals surface area (Å²) < 4.78 is 11.4. The first kappa shape index (κ1) is 15.3. The van der Waals surface area contributed by atoms with E-state index in [1.807, 2.05) is 11.8 Å². The van der Waals surface area contributed by atoms with Crippen molar-refractivity contribution in [3.05, 3.63) is 0 Å². The molecule has 1 atom stereocenters. The van der Waals surface area contributed by atoms with E-state index in [4.69, 9.17) is 9.47 Å². The maximum absolute atomic E-state index is 6.02. The molecule has 1 heterocycles. The van der Waals surface area contributed by atoms with Crippen LogP contribution in [0.1, 0.15) is 33.1 Å². The van der Waals surface area contributed by atoms with Crippen LogP contribution in [0.3, 0.4) is 0 Å². The molecule has 1 aliphatic rings. The van der Waals surface area contributed by atoms with Gasteiger partial charge in [-0.15, -0.1) is 0 Å². The van der Waals surface area contributed by atoms with Gasteiger partial charge in [0.2, 0.25) is 0 Å². The lowest BCUT2D eigenvalue weighted by Gasteiger charge is -2.28. The third kappa shape index (κ3) is 7.29. The molecule has 0 saturated carbocycles. The molecule has 3 nitrogen and oxygen atoms in total. The molecular weight excluding hydrogens is 234 g/mol. The zero-order valence-electron chi connectivity index (χ0n) is 11.3. The Morgan fingerprint density at radius 2 is 2.00 bits per heavy atom. The molecule has 1 unspecified atom stereocenters. The first-order valence-electron chi connectivity index (χ1n) is 6.86. The molecule has 1 aliphatic heterocycles. The SMILES string of the molecule is CCCSCC(CCC)OCN1CCOCC1. The van der Waals surface area contributed by atoms with Crippen molar-refractivity contribution in [2.75, 3.05) is 44.5 Å². The van der Waals surface area contributed by atoms with Gasteiger partial charge in [0.1, 0.15) is 0 Å². The Morgan fingerprint density at radius 3 is 2.65 bits per heavy atom. The fourth-order valence-corrected chi connectivity index (χ4v) is 2.82. The summed E-state index contributed by atoms with van der Waals surface area (Å²) in [4.78, 5) is 2.34. The Labute approximate surface area is 110 Å². The molecular formula is C13H27NO2S. The minimum Gasteiger partial charge on any atom is -0.379 e. The van der Waals surface area contributed by atoms with Crippen molar-refractivity contribution in [3.8, 4) is 0 Å². The van der Waals surface area contributed by atoms with E-state index in [9.17, 15) is 0 Å². The highest BCUT2D eigenvalue weighted by atomic mass is 32.2. The van der Waals surface area contributed by atoms with Gasteiger partial charge < -0.3 is 9.47 Å². The van der Waals surface area contributed by atoms with Gasteiger partial charge in [-0.2, -0.15) is 11.8 Å². The van der Waals surface area contributed by atoms with Gasteiger partial charge in [0, 0.05) is 18.8 Å². The average Bonchev–Trinajstić information content (AvgIpc) is 2.37. The summed E-state index contributed by atoms with van der Waals surface area (Å²) >= 11 is 2.02. The minimum atomic E-state index is 0.430. The first-order valence-corrected chi connectivity index (χ1v) is 8.01. The summed E-state index contributed by atoms with van der Waals surface area (Å²) in [6.45, 7) is 8.98. The van der Waals surface area contributed by atoms with Crippen LogP contribution in [0.25, 0.3) is 0 Å². The van der Waals surface area contributed by atoms with Crippen LogP contribution in [-0.2, 0) is 9.47 Å². The van der Waals surface area contributed by atoms with E-state index < -0.39 is 0 Å². The molecule has 0 aromatic heterocycles. The van der Waals surface area contributed by atoms with Crippen LogP contribution >= 0.6 is 11.8 Å². The quantitative estimate of drug-likeness (QED) is 0.595. The Bertz CT molecular complexity index is 175. The van der Waals surface area contributed by atoms with Crippen molar-refractivity contribution < 1.29 is 9.47 Å². The van der Waals surface area contributed by atoms with Crippen LogP contribution in [0.4, 0.5) is 0 Å². The second kappa shape index (κ2) is 10.2. The minimum absolute atomic E-state index is 0.430. The standard InChI is InChI=1S/C13H27NO2S/c1-3-5-13(11-17-10-4-2)16-12-14-6-8-15-9-7-14/h13H,3-12H2,1-2H3. The topological polar surface area (TPSA) is 21.7 Å². The number of hydrogen-bond acceptors (Lipinski definition) is 4. The van der Waals surface area contributed by atoms with Crippen molar-refractivity contribution in [1.82, 2.24) is 4.90 Å². The molecule has 0 amide bonds. The summed E-state index contributed by atoms with van der Waals surface area (Å²) in [7, 11) is 0. The summed E-state index contributed by atoms with van der Waals surface area (Å²) in [5.74, 6) is 2.40. The normalized spacial score (nSPS) is 19.4. The van der Waals surface area contributed by atoms with Crippen molar-refractivity contribution in [3.63, 3.8) is 0 Å². The van der Waals surface area contributed by atoms with Crippen molar-refractivity contribution in [2.24, 2.45) is 0 Å². The van der Waals surface area contributed by atoms with Gasteiger partial charge in [-0.1, -0.05) is 20.3 Å². The van der Waals surface area contributed by atoms with E-state index in [0.717, 1.165) is 38.8 Å². The van der Waals surface area contributed by atoms with Gasteiger partial charge in [-0.3, -0.25) is 4.90 Å². The fraction of sp³-hybridized carbons (Fsp3) is 1.00. The molecule has 0 spiro atoms. The molecule has 0 aliphatic carbocycles. The Balaban J connectivity index is 2.13. The van der Waals surface area contributed by atoms with Gasteiger partial charge in [-0.05, 0) is 18.6 Å². The fourth-order valence-electron chi connectivity index (χ4n) is 1.84. The molecule has 1 rings (SSSR count). The van der Waals surface area contributed by atoms with E-state index >= 15 is 0 Å². The number of hydrogen-bond donors (Lipinski definition) is 0. The smallest absolute Gasteiger partial charge is 0.0995 e. The molecule has 1 saturated heterocycles. The van der Waals surface area contributed by atoms with E-state index in [1.54, 1.807) is 0 Å². The van der Waals surface area contributed by atoms with Gasteiger partial charge >= 0.3 is 0 Å². The maximum atomic E-state index is 6.02. The summed E-state index contributed by atoms with van der Waals surface area (Å²) in [5, 5.41) is 0. The number of morpholine rings is 1. The molecule has 0 bridgehead atoms. The first-order chi connectivity index (χ1) is 8.36. The third-order valence-corrected chi connectivity index (χ3v) is 4.16. The summed E-state index contributed by atoms with van der Waals surface area (Å²) in [6, 6.07) is 0. The molecule has 1 fully saturated rings. The van der Waals surface area contributed by atoms with Crippen LogP contribution in [-0.4, -0.2) is 55.5 Å². The highest BCUT2D eigenvalue weighted by Gasteiger charge is 2.13. The molecule has 4 heteroatoms. The Kier molecular flexibility index (Phi) is 9.16. The van der Waals surface area contributed by atoms with Crippen molar-refractivity contribution in [1.29, 1.82) is 0 Å². The summed E-state index contributed by atoms with van der Waals surface area (Å²) in [6.07, 6.45) is 4.08. The van der Waals surface area contributed by atoms with E-state index in [2.05, 4.69) is 18.7 Å². The predicted octanol–water partition coefficient (Wildman–Crippen LogP) is 2.60. The average molecular weight is 261 g/mol. The molecule has 17 heavy (non-hydrogen) atoms. The molecule has 0 radical (unpaired) electrons. The maximum Gasteiger partial charge on any atom is 0.0995 e. The zero-order chi connectivity index (χ0) is 12.3. The van der Waals surface area contributed by atoms with E-state index in [0.29, 0.717) is 6.10 Å². The van der Waals surface area contributed by atoms with Crippen LogP contribution in [0.5, 0.6) is 0 Å². The number of rotatable bonds is 9. The van der Waals surface area contributed by atoms with E-state index in [1.165, 1.54) is 25.0 Å². The van der Waals surface area contributed by atoms with Gasteiger partial charge in [0.05, 0.1) is 26.0 Å². The lowest BCUT2D eigenvalue weighted by atomic mass is 10.2. The van der Waals surface area contributed by atoms with Gasteiger partial charge in [0.25, 0.3) is 0 Å². The number of ether oxygens (including phenoxy) is 2. The zero-order valence-corrected chi connectivity index (χ0v) is 12.1. The second-order valence-corrected chi connectivity index (χ2v) is 5.66. The Hall–Kier alpha value is 0.230. The van der Waals surface area contributed by atoms with Crippen LogP contribution in [0.15, 0.2) is 0 Å². The molecule has 0 N–H and O–H groups in total. The molecule has 102 valence electrons. The summed E-state index contributed by atoms with van der Waals surface area (Å²) in [5.41, 5.74) is 0. The highest BCUT2D eigenvalue weighted by Crippen LogP contribution is 2.12. The monoisotopic (exact) mass is 261 g/mol. The van der Waals surface area contributed by atoms with Crippen LogP contribution in [0, 0.1) is 0 Å². The van der Waals surface area contributed by atoms with Gasteiger partial charge in [-0.25, -0.2) is 0 Å². The lowest BCUT2D eigenvalue weighted by molar-refractivity contribution is -0.0562. The van der Waals surface area contributed by atoms with E-state index in [-0.39, 0.29) is 0 Å². The number of thioether (sulfide) groups is 1. The van der Waals surface area contributed by atoms with Crippen LogP contribution < -0.4 is 0 Å². The highest BCUT2D eigenvalue weighted by molar-refractivity contribution is 7.99. The number of nitrogens with zero attached hydrogens (tertiary/aromatic N) is 1. The van der Waals surface area contributed by atoms with Gasteiger partial charge in [0.15, 0.2) is 0 Å². The Morgan fingerprint density at radius 1 is 1.24 bits per heavy atom. The van der Waals surface area contributed by atoms with Crippen LogP contribution in [0.2, 0.25) is 0 Å². The predicted molar refractivity (Wildman–Crippen MR) is 74.7 cm³/mol. The molecule has 0 aromatic rings. The molecule has 0 aromatic carbocycles.